The van der Waals surface area contributed by atoms with E-state index in [1.54, 1.807) is 6.92 Å². The molecule has 2 aromatic carbocycles. The Labute approximate surface area is 115 Å². The minimum Gasteiger partial charge on any atom is -0.324 e. The smallest absolute Gasteiger partial charge is 0.134 e. The Morgan fingerprint density at radius 1 is 1.05 bits per heavy atom. The monoisotopic (exact) mass is 277 g/mol. The summed E-state index contributed by atoms with van der Waals surface area (Å²) in [4.78, 5) is 0. The molecule has 0 aromatic heterocycles. The molecule has 20 heavy (non-hydrogen) atoms. The summed E-state index contributed by atoms with van der Waals surface area (Å²) in [5, 5.41) is 0. The van der Waals surface area contributed by atoms with Gasteiger partial charge in [-0.05, 0) is 54.7 Å². The van der Waals surface area contributed by atoms with Crippen LogP contribution >= 0.6 is 0 Å². The molecule has 1 nitrogen and oxygen atoms in total. The number of hydrogen-bond acceptors (Lipinski definition) is 1. The summed E-state index contributed by atoms with van der Waals surface area (Å²) in [6, 6.07) is 4.83. The minimum absolute atomic E-state index is 0.0963. The van der Waals surface area contributed by atoms with Crippen molar-refractivity contribution < 1.29 is 13.2 Å². The van der Waals surface area contributed by atoms with E-state index in [1.165, 1.54) is 24.3 Å². The molecule has 1 aliphatic carbocycles. The van der Waals surface area contributed by atoms with Crippen molar-refractivity contribution in [3.05, 3.63) is 58.4 Å². The third kappa shape index (κ3) is 1.91. The van der Waals surface area contributed by atoms with Gasteiger partial charge in [-0.25, -0.2) is 13.2 Å². The fourth-order valence-corrected chi connectivity index (χ4v) is 2.94. The maximum absolute atomic E-state index is 14.1. The summed E-state index contributed by atoms with van der Waals surface area (Å²) in [5.74, 6) is -1.66. The van der Waals surface area contributed by atoms with Crippen molar-refractivity contribution in [2.45, 2.75) is 25.8 Å². The molecule has 0 saturated carbocycles. The lowest BCUT2D eigenvalue weighted by atomic mass is 9.94. The number of hydrogen-bond donors (Lipinski definition) is 1. The third-order valence-corrected chi connectivity index (χ3v) is 3.84. The fourth-order valence-electron chi connectivity index (χ4n) is 2.94. The highest BCUT2D eigenvalue weighted by Gasteiger charge is 2.27. The second-order valence-corrected chi connectivity index (χ2v) is 5.24. The summed E-state index contributed by atoms with van der Waals surface area (Å²) in [7, 11) is 0. The number of halogens is 3. The van der Waals surface area contributed by atoms with Gasteiger partial charge in [0.2, 0.25) is 0 Å². The Balaban J connectivity index is 2.28. The van der Waals surface area contributed by atoms with Gasteiger partial charge in [0.25, 0.3) is 0 Å². The first-order valence-electron chi connectivity index (χ1n) is 6.52. The highest BCUT2D eigenvalue weighted by Crippen LogP contribution is 2.40. The zero-order chi connectivity index (χ0) is 14.4. The predicted octanol–water partition coefficient (Wildman–Crippen LogP) is 4.03. The molecule has 4 heteroatoms. The molecule has 1 atom stereocenters. The predicted molar refractivity (Wildman–Crippen MR) is 71.7 cm³/mol. The molecule has 0 bridgehead atoms. The Kier molecular flexibility index (Phi) is 3.05. The van der Waals surface area contributed by atoms with Crippen LogP contribution < -0.4 is 5.73 Å². The molecule has 0 radical (unpaired) electrons. The van der Waals surface area contributed by atoms with Gasteiger partial charge in [0.15, 0.2) is 0 Å². The molecule has 0 spiro atoms. The van der Waals surface area contributed by atoms with Crippen molar-refractivity contribution >= 4 is 0 Å². The molecule has 0 heterocycles. The molecule has 2 N–H and O–H groups in total. The summed E-state index contributed by atoms with van der Waals surface area (Å²) in [6.07, 6.45) is 1.13. The summed E-state index contributed by atoms with van der Waals surface area (Å²) in [6.45, 7) is 1.63. The number of fused-ring (bicyclic) bond motifs is 1. The van der Waals surface area contributed by atoms with Crippen LogP contribution in [0, 0.1) is 24.4 Å². The number of aryl methyl sites for hydroxylation is 1. The Morgan fingerprint density at radius 2 is 1.70 bits per heavy atom. The van der Waals surface area contributed by atoms with Crippen molar-refractivity contribution in [1.82, 2.24) is 0 Å². The first kappa shape index (κ1) is 13.2. The van der Waals surface area contributed by atoms with Crippen LogP contribution in [-0.4, -0.2) is 0 Å². The van der Waals surface area contributed by atoms with E-state index in [1.807, 2.05) is 0 Å². The van der Waals surface area contributed by atoms with Crippen LogP contribution in [0.1, 0.15) is 29.2 Å². The fraction of sp³-hybridized carbons (Fsp3) is 0.250. The van der Waals surface area contributed by atoms with Crippen molar-refractivity contribution in [2.24, 2.45) is 5.73 Å². The first-order chi connectivity index (χ1) is 9.49. The van der Waals surface area contributed by atoms with Gasteiger partial charge in [0.1, 0.15) is 17.5 Å². The molecule has 0 fully saturated rings. The third-order valence-electron chi connectivity index (χ3n) is 3.84. The van der Waals surface area contributed by atoms with Crippen LogP contribution in [0.2, 0.25) is 0 Å². The second-order valence-electron chi connectivity index (χ2n) is 5.24. The lowest BCUT2D eigenvalue weighted by Gasteiger charge is -2.13. The zero-order valence-corrected chi connectivity index (χ0v) is 11.0. The van der Waals surface area contributed by atoms with Crippen molar-refractivity contribution in [3.8, 4) is 11.1 Å². The highest BCUT2D eigenvalue weighted by molar-refractivity contribution is 5.71. The van der Waals surface area contributed by atoms with E-state index in [0.29, 0.717) is 35.1 Å². The maximum Gasteiger partial charge on any atom is 0.134 e. The molecule has 0 aliphatic heterocycles. The van der Waals surface area contributed by atoms with E-state index in [0.717, 1.165) is 0 Å². The Bertz CT molecular complexity index is 671. The van der Waals surface area contributed by atoms with Crippen molar-refractivity contribution in [1.29, 1.82) is 0 Å². The van der Waals surface area contributed by atoms with Gasteiger partial charge in [-0.15, -0.1) is 0 Å². The van der Waals surface area contributed by atoms with E-state index in [-0.39, 0.29) is 5.56 Å². The van der Waals surface area contributed by atoms with Crippen LogP contribution in [-0.2, 0) is 6.42 Å². The normalized spacial score (nSPS) is 17.4. The molecular formula is C16H14F3N. The summed E-state index contributed by atoms with van der Waals surface area (Å²) < 4.78 is 42.0. The van der Waals surface area contributed by atoms with Crippen LogP contribution in [0.3, 0.4) is 0 Å². The number of rotatable bonds is 1. The Hall–Kier alpha value is -1.81. The lowest BCUT2D eigenvalue weighted by Crippen LogP contribution is -2.08. The molecule has 2 aromatic rings. The van der Waals surface area contributed by atoms with E-state index < -0.39 is 23.5 Å². The molecule has 0 amide bonds. The molecular weight excluding hydrogens is 263 g/mol. The summed E-state index contributed by atoms with van der Waals surface area (Å²) in [5.41, 5.74) is 7.71. The van der Waals surface area contributed by atoms with Gasteiger partial charge in [-0.2, -0.15) is 0 Å². The van der Waals surface area contributed by atoms with Crippen molar-refractivity contribution in [2.75, 3.05) is 0 Å². The average molecular weight is 277 g/mol. The van der Waals surface area contributed by atoms with Gasteiger partial charge in [0, 0.05) is 11.6 Å². The van der Waals surface area contributed by atoms with Crippen LogP contribution in [0.5, 0.6) is 0 Å². The lowest BCUT2D eigenvalue weighted by molar-refractivity contribution is 0.584. The molecule has 3 rings (SSSR count). The molecule has 1 aliphatic rings. The van der Waals surface area contributed by atoms with Crippen LogP contribution in [0.25, 0.3) is 11.1 Å². The van der Waals surface area contributed by atoms with Crippen LogP contribution in [0.15, 0.2) is 24.3 Å². The van der Waals surface area contributed by atoms with E-state index >= 15 is 0 Å². The van der Waals surface area contributed by atoms with E-state index in [4.69, 9.17) is 5.73 Å². The molecule has 0 saturated heterocycles. The molecule has 104 valence electrons. The minimum atomic E-state index is -0.628. The van der Waals surface area contributed by atoms with E-state index in [9.17, 15) is 13.2 Å². The Morgan fingerprint density at radius 3 is 2.35 bits per heavy atom. The topological polar surface area (TPSA) is 26.0 Å². The van der Waals surface area contributed by atoms with Gasteiger partial charge < -0.3 is 5.73 Å². The highest BCUT2D eigenvalue weighted by atomic mass is 19.1. The first-order valence-corrected chi connectivity index (χ1v) is 6.52. The van der Waals surface area contributed by atoms with Gasteiger partial charge in [-0.1, -0.05) is 6.07 Å². The van der Waals surface area contributed by atoms with Gasteiger partial charge in [-0.3, -0.25) is 0 Å². The largest absolute Gasteiger partial charge is 0.324 e. The van der Waals surface area contributed by atoms with Crippen molar-refractivity contribution in [3.63, 3.8) is 0 Å². The second kappa shape index (κ2) is 4.63. The quantitative estimate of drug-likeness (QED) is 0.837. The SMILES string of the molecule is Cc1cc(F)c(-c2ccc(F)c3c2CC[C@H]3N)c(F)c1. The summed E-state index contributed by atoms with van der Waals surface area (Å²) >= 11 is 0. The molecule has 0 unspecified atom stereocenters. The van der Waals surface area contributed by atoms with E-state index in [2.05, 4.69) is 0 Å². The van der Waals surface area contributed by atoms with Gasteiger partial charge in [0.05, 0.1) is 5.56 Å². The van der Waals surface area contributed by atoms with Crippen LogP contribution in [0.4, 0.5) is 13.2 Å². The standard InChI is InChI=1S/C16H14F3N/c1-8-6-12(18)15(13(19)7-8)9-2-4-11(17)16-10(9)3-5-14(16)20/h2,4,6-7,14H,3,5,20H2,1H3/t14-/m1/s1. The maximum atomic E-state index is 14.1. The zero-order valence-electron chi connectivity index (χ0n) is 11.0. The number of benzene rings is 2. The average Bonchev–Trinajstić information content (AvgIpc) is 2.74. The number of nitrogens with two attached hydrogens (primary N) is 1. The van der Waals surface area contributed by atoms with Gasteiger partial charge >= 0.3 is 0 Å².